The van der Waals surface area contributed by atoms with Gasteiger partial charge in [-0.15, -0.1) is 0 Å². The molecule has 3 nitrogen and oxygen atoms in total. The minimum absolute atomic E-state index is 0.167. The minimum Gasteiger partial charge on any atom is -0.381 e. The van der Waals surface area contributed by atoms with Crippen LogP contribution in [0.5, 0.6) is 0 Å². The summed E-state index contributed by atoms with van der Waals surface area (Å²) in [5.74, 6) is 5.74. The molecule has 94 valence electrons. The lowest BCUT2D eigenvalue weighted by atomic mass is 9.94. The monoisotopic (exact) mass is 302 g/mol. The van der Waals surface area contributed by atoms with Crippen LogP contribution in [0.15, 0.2) is 22.7 Å². The second kappa shape index (κ2) is 5.91. The van der Waals surface area contributed by atoms with Crippen molar-refractivity contribution in [1.82, 2.24) is 5.43 Å². The second-order valence-electron chi connectivity index (χ2n) is 4.33. The van der Waals surface area contributed by atoms with Crippen LogP contribution in [0.4, 0.5) is 4.39 Å². The van der Waals surface area contributed by atoms with Crippen molar-refractivity contribution >= 4 is 15.9 Å². The zero-order valence-corrected chi connectivity index (χ0v) is 11.0. The number of hydrogen-bond donors (Lipinski definition) is 2. The normalized spacial score (nSPS) is 21.7. The number of hydrazine groups is 1. The Kier molecular flexibility index (Phi) is 4.50. The van der Waals surface area contributed by atoms with Gasteiger partial charge in [0.15, 0.2) is 0 Å². The number of nitrogens with two attached hydrogens (primary N) is 1. The van der Waals surface area contributed by atoms with E-state index in [0.29, 0.717) is 16.0 Å². The summed E-state index contributed by atoms with van der Waals surface area (Å²) in [7, 11) is 0. The van der Waals surface area contributed by atoms with Crippen molar-refractivity contribution in [3.63, 3.8) is 0 Å². The van der Waals surface area contributed by atoms with Gasteiger partial charge in [0.05, 0.1) is 4.47 Å². The maximum Gasteiger partial charge on any atom is 0.142 e. The maximum absolute atomic E-state index is 13.9. The Morgan fingerprint density at radius 2 is 2.41 bits per heavy atom. The van der Waals surface area contributed by atoms with E-state index in [2.05, 4.69) is 21.4 Å². The lowest BCUT2D eigenvalue weighted by Crippen LogP contribution is -2.30. The third-order valence-corrected chi connectivity index (χ3v) is 3.76. The largest absolute Gasteiger partial charge is 0.381 e. The standard InChI is InChI=1S/C12H16BrFN2O/c13-10-3-1-2-9(12(10)14)11(16-15)6-8-4-5-17-7-8/h1-3,8,11,16H,4-7,15H2. The third kappa shape index (κ3) is 3.04. The number of rotatable bonds is 4. The highest BCUT2D eigenvalue weighted by Crippen LogP contribution is 2.29. The first kappa shape index (κ1) is 13.0. The fourth-order valence-electron chi connectivity index (χ4n) is 2.18. The van der Waals surface area contributed by atoms with Crippen molar-refractivity contribution in [1.29, 1.82) is 0 Å². The zero-order valence-electron chi connectivity index (χ0n) is 9.46. The summed E-state index contributed by atoms with van der Waals surface area (Å²) >= 11 is 3.19. The second-order valence-corrected chi connectivity index (χ2v) is 5.18. The highest BCUT2D eigenvalue weighted by Gasteiger charge is 2.23. The van der Waals surface area contributed by atoms with Crippen molar-refractivity contribution in [2.45, 2.75) is 18.9 Å². The third-order valence-electron chi connectivity index (χ3n) is 3.15. The molecule has 0 aromatic heterocycles. The Morgan fingerprint density at radius 3 is 3.06 bits per heavy atom. The van der Waals surface area contributed by atoms with Gasteiger partial charge >= 0.3 is 0 Å². The van der Waals surface area contributed by atoms with Gasteiger partial charge in [0, 0.05) is 24.8 Å². The van der Waals surface area contributed by atoms with E-state index in [9.17, 15) is 4.39 Å². The Balaban J connectivity index is 2.13. The average Bonchev–Trinajstić information content (AvgIpc) is 2.83. The molecule has 0 aliphatic carbocycles. The van der Waals surface area contributed by atoms with Gasteiger partial charge in [-0.3, -0.25) is 11.3 Å². The van der Waals surface area contributed by atoms with E-state index in [1.165, 1.54) is 0 Å². The lowest BCUT2D eigenvalue weighted by molar-refractivity contribution is 0.181. The van der Waals surface area contributed by atoms with Gasteiger partial charge in [0.1, 0.15) is 5.82 Å². The summed E-state index contributed by atoms with van der Waals surface area (Å²) in [6, 6.07) is 5.10. The van der Waals surface area contributed by atoms with E-state index in [0.717, 1.165) is 26.1 Å². The molecule has 1 aliphatic rings. The van der Waals surface area contributed by atoms with Gasteiger partial charge < -0.3 is 4.74 Å². The summed E-state index contributed by atoms with van der Waals surface area (Å²) in [6.07, 6.45) is 1.82. The van der Waals surface area contributed by atoms with Crippen LogP contribution in [-0.2, 0) is 4.74 Å². The maximum atomic E-state index is 13.9. The Labute approximate surface area is 109 Å². The Hall–Kier alpha value is -0.490. The van der Waals surface area contributed by atoms with Crippen LogP contribution in [0, 0.1) is 11.7 Å². The van der Waals surface area contributed by atoms with Crippen molar-refractivity contribution in [2.75, 3.05) is 13.2 Å². The first-order valence-corrected chi connectivity index (χ1v) is 6.49. The number of benzene rings is 1. The van der Waals surface area contributed by atoms with Crippen molar-refractivity contribution < 1.29 is 9.13 Å². The summed E-state index contributed by atoms with van der Waals surface area (Å²) in [5, 5.41) is 0. The van der Waals surface area contributed by atoms with E-state index >= 15 is 0 Å². The number of ether oxygens (including phenoxy) is 1. The molecule has 1 saturated heterocycles. The van der Waals surface area contributed by atoms with Gasteiger partial charge in [-0.05, 0) is 40.8 Å². The van der Waals surface area contributed by atoms with Crippen molar-refractivity contribution in [3.8, 4) is 0 Å². The molecular weight excluding hydrogens is 287 g/mol. The lowest BCUT2D eigenvalue weighted by Gasteiger charge is -2.20. The topological polar surface area (TPSA) is 47.3 Å². The van der Waals surface area contributed by atoms with Crippen LogP contribution in [0.2, 0.25) is 0 Å². The number of halogens is 2. The average molecular weight is 303 g/mol. The molecular formula is C12H16BrFN2O. The van der Waals surface area contributed by atoms with Crippen LogP contribution < -0.4 is 11.3 Å². The van der Waals surface area contributed by atoms with Gasteiger partial charge in [-0.2, -0.15) is 0 Å². The fourth-order valence-corrected chi connectivity index (χ4v) is 2.56. The predicted molar refractivity (Wildman–Crippen MR) is 67.7 cm³/mol. The summed E-state index contributed by atoms with van der Waals surface area (Å²) in [6.45, 7) is 1.54. The zero-order chi connectivity index (χ0) is 12.3. The Bertz CT molecular complexity index is 383. The van der Waals surface area contributed by atoms with E-state index in [4.69, 9.17) is 10.6 Å². The summed E-state index contributed by atoms with van der Waals surface area (Å²) in [4.78, 5) is 0. The molecule has 0 radical (unpaired) electrons. The fraction of sp³-hybridized carbons (Fsp3) is 0.500. The molecule has 2 rings (SSSR count). The molecule has 1 fully saturated rings. The van der Waals surface area contributed by atoms with Crippen molar-refractivity contribution in [3.05, 3.63) is 34.1 Å². The molecule has 2 unspecified atom stereocenters. The summed E-state index contributed by atoms with van der Waals surface area (Å²) in [5.41, 5.74) is 3.30. The molecule has 0 saturated carbocycles. The quantitative estimate of drug-likeness (QED) is 0.664. The first-order chi connectivity index (χ1) is 8.22. The number of hydrogen-bond acceptors (Lipinski definition) is 3. The molecule has 1 aromatic rings. The van der Waals surface area contributed by atoms with Gasteiger partial charge in [-0.25, -0.2) is 4.39 Å². The van der Waals surface area contributed by atoms with Crippen LogP contribution in [0.25, 0.3) is 0 Å². The Morgan fingerprint density at radius 1 is 1.59 bits per heavy atom. The van der Waals surface area contributed by atoms with Crippen molar-refractivity contribution in [2.24, 2.45) is 11.8 Å². The molecule has 1 aliphatic heterocycles. The van der Waals surface area contributed by atoms with E-state index in [-0.39, 0.29) is 11.9 Å². The van der Waals surface area contributed by atoms with E-state index in [1.54, 1.807) is 12.1 Å². The molecule has 0 bridgehead atoms. The van der Waals surface area contributed by atoms with E-state index in [1.807, 2.05) is 6.07 Å². The highest BCUT2D eigenvalue weighted by atomic mass is 79.9. The molecule has 0 spiro atoms. The SMILES string of the molecule is NNC(CC1CCOC1)c1cccc(Br)c1F. The predicted octanol–water partition coefficient (Wildman–Crippen LogP) is 2.52. The van der Waals surface area contributed by atoms with Crippen LogP contribution in [-0.4, -0.2) is 13.2 Å². The molecule has 1 heterocycles. The first-order valence-electron chi connectivity index (χ1n) is 5.70. The minimum atomic E-state index is -0.241. The molecule has 17 heavy (non-hydrogen) atoms. The molecule has 2 atom stereocenters. The van der Waals surface area contributed by atoms with Gasteiger partial charge in [0.25, 0.3) is 0 Å². The number of nitrogens with one attached hydrogen (secondary N) is 1. The highest BCUT2D eigenvalue weighted by molar-refractivity contribution is 9.10. The molecule has 0 amide bonds. The molecule has 5 heteroatoms. The van der Waals surface area contributed by atoms with Crippen LogP contribution in [0.3, 0.4) is 0 Å². The summed E-state index contributed by atoms with van der Waals surface area (Å²) < 4.78 is 19.7. The van der Waals surface area contributed by atoms with Crippen LogP contribution in [0.1, 0.15) is 24.4 Å². The smallest absolute Gasteiger partial charge is 0.142 e. The molecule has 1 aromatic carbocycles. The van der Waals surface area contributed by atoms with E-state index < -0.39 is 0 Å². The van der Waals surface area contributed by atoms with Gasteiger partial charge in [0.2, 0.25) is 0 Å². The molecule has 3 N–H and O–H groups in total. The van der Waals surface area contributed by atoms with Crippen LogP contribution >= 0.6 is 15.9 Å². The van der Waals surface area contributed by atoms with Gasteiger partial charge in [-0.1, -0.05) is 12.1 Å².